The van der Waals surface area contributed by atoms with Crippen molar-refractivity contribution in [2.24, 2.45) is 5.41 Å². The number of carbonyl (C=O) groups is 1. The van der Waals surface area contributed by atoms with Gasteiger partial charge in [0.1, 0.15) is 0 Å². The summed E-state index contributed by atoms with van der Waals surface area (Å²) in [4.78, 5) is 12.0. The first-order valence-corrected chi connectivity index (χ1v) is 9.05. The highest BCUT2D eigenvalue weighted by molar-refractivity contribution is 6.08. The van der Waals surface area contributed by atoms with Gasteiger partial charge in [-0.2, -0.15) is 0 Å². The van der Waals surface area contributed by atoms with Gasteiger partial charge in [0, 0.05) is 27.8 Å². The lowest BCUT2D eigenvalue weighted by atomic mass is 9.86. The van der Waals surface area contributed by atoms with Gasteiger partial charge in [-0.3, -0.25) is 4.79 Å². The predicted octanol–water partition coefficient (Wildman–Crippen LogP) is 5.73. The molecule has 3 nitrogen and oxygen atoms in total. The molecule has 0 bridgehead atoms. The fourth-order valence-corrected chi connectivity index (χ4v) is 3.77. The van der Waals surface area contributed by atoms with Gasteiger partial charge in [0.2, 0.25) is 0 Å². The van der Waals surface area contributed by atoms with Gasteiger partial charge in [-0.1, -0.05) is 43.3 Å². The van der Waals surface area contributed by atoms with E-state index in [0.29, 0.717) is 6.04 Å². The Kier molecular flexibility index (Phi) is 4.85. The van der Waals surface area contributed by atoms with E-state index in [9.17, 15) is 4.79 Å². The lowest BCUT2D eigenvalue weighted by molar-refractivity contribution is -0.151. The van der Waals surface area contributed by atoms with Gasteiger partial charge in [-0.15, -0.1) is 0 Å². The van der Waals surface area contributed by atoms with Crippen LogP contribution in [0.5, 0.6) is 0 Å². The van der Waals surface area contributed by atoms with Crippen molar-refractivity contribution in [1.29, 1.82) is 0 Å². The van der Waals surface area contributed by atoms with E-state index in [1.807, 2.05) is 13.8 Å². The molecule has 1 atom stereocenters. The highest BCUT2D eigenvalue weighted by Crippen LogP contribution is 2.36. The molecule has 1 aromatic heterocycles. The molecule has 1 unspecified atom stereocenters. The normalized spacial score (nSPS) is 13.3. The number of rotatable bonds is 6. The van der Waals surface area contributed by atoms with Crippen LogP contribution in [0.1, 0.15) is 46.1 Å². The highest BCUT2D eigenvalue weighted by atomic mass is 16.5. The first kappa shape index (κ1) is 17.5. The van der Waals surface area contributed by atoms with Crippen molar-refractivity contribution in [3.05, 3.63) is 48.5 Å². The molecule has 0 fully saturated rings. The minimum absolute atomic E-state index is 0.135. The average Bonchev–Trinajstić information content (AvgIpc) is 2.96. The minimum Gasteiger partial charge on any atom is -0.469 e. The molecule has 0 radical (unpaired) electrons. The van der Waals surface area contributed by atoms with Crippen molar-refractivity contribution in [1.82, 2.24) is 4.57 Å². The van der Waals surface area contributed by atoms with Crippen LogP contribution in [0.15, 0.2) is 48.5 Å². The second-order valence-corrected chi connectivity index (χ2v) is 7.38. The van der Waals surface area contributed by atoms with Crippen molar-refractivity contribution < 1.29 is 9.53 Å². The molecule has 1 heterocycles. The van der Waals surface area contributed by atoms with Gasteiger partial charge in [0.15, 0.2) is 0 Å². The van der Waals surface area contributed by atoms with E-state index >= 15 is 0 Å². The Labute approximate surface area is 149 Å². The Bertz CT molecular complexity index is 838. The van der Waals surface area contributed by atoms with Gasteiger partial charge >= 0.3 is 5.97 Å². The van der Waals surface area contributed by atoms with Crippen LogP contribution in [-0.4, -0.2) is 17.6 Å². The third-order valence-corrected chi connectivity index (χ3v) is 5.29. The van der Waals surface area contributed by atoms with Crippen LogP contribution in [0, 0.1) is 5.41 Å². The van der Waals surface area contributed by atoms with Gasteiger partial charge in [-0.05, 0) is 45.2 Å². The van der Waals surface area contributed by atoms with Crippen LogP contribution < -0.4 is 0 Å². The van der Waals surface area contributed by atoms with E-state index in [4.69, 9.17) is 4.74 Å². The Morgan fingerprint density at radius 3 is 2.04 bits per heavy atom. The smallest absolute Gasteiger partial charge is 0.311 e. The lowest BCUT2D eigenvalue weighted by Gasteiger charge is -2.26. The largest absolute Gasteiger partial charge is 0.469 e. The Morgan fingerprint density at radius 2 is 1.56 bits per heavy atom. The number of hydrogen-bond donors (Lipinski definition) is 0. The molecule has 132 valence electrons. The number of aromatic nitrogens is 1. The van der Waals surface area contributed by atoms with E-state index in [2.05, 4.69) is 60.0 Å². The van der Waals surface area contributed by atoms with Crippen LogP contribution in [0.25, 0.3) is 21.8 Å². The third kappa shape index (κ3) is 3.15. The number of carbonyl (C=O) groups excluding carboxylic acids is 1. The fourth-order valence-electron chi connectivity index (χ4n) is 3.77. The number of nitrogens with zero attached hydrogens (tertiary/aromatic N) is 1. The molecule has 0 saturated carbocycles. The molecule has 0 saturated heterocycles. The molecule has 2 aromatic carbocycles. The molecular weight excluding hydrogens is 310 g/mol. The van der Waals surface area contributed by atoms with Crippen LogP contribution in [-0.2, 0) is 9.53 Å². The summed E-state index contributed by atoms with van der Waals surface area (Å²) in [6.45, 7) is 6.16. The van der Waals surface area contributed by atoms with Crippen molar-refractivity contribution in [3.8, 4) is 0 Å². The van der Waals surface area contributed by atoms with E-state index < -0.39 is 5.41 Å². The zero-order valence-electron chi connectivity index (χ0n) is 15.6. The summed E-state index contributed by atoms with van der Waals surface area (Å²) < 4.78 is 7.42. The van der Waals surface area contributed by atoms with Gasteiger partial charge in [0.25, 0.3) is 0 Å². The SMILES string of the molecule is CCC(CCC(C)(C)C(=O)OC)n1c2ccccc2c2ccccc21. The molecule has 0 aliphatic carbocycles. The molecule has 3 rings (SSSR count). The summed E-state index contributed by atoms with van der Waals surface area (Å²) in [5.41, 5.74) is 2.08. The second-order valence-electron chi connectivity index (χ2n) is 7.38. The summed E-state index contributed by atoms with van der Waals surface area (Å²) in [6, 6.07) is 17.5. The van der Waals surface area contributed by atoms with E-state index in [1.54, 1.807) is 0 Å². The first-order valence-electron chi connectivity index (χ1n) is 9.05. The monoisotopic (exact) mass is 337 g/mol. The lowest BCUT2D eigenvalue weighted by Crippen LogP contribution is -2.26. The summed E-state index contributed by atoms with van der Waals surface area (Å²) >= 11 is 0. The summed E-state index contributed by atoms with van der Waals surface area (Å²) in [7, 11) is 1.47. The van der Waals surface area contributed by atoms with E-state index in [0.717, 1.165) is 19.3 Å². The predicted molar refractivity (Wildman–Crippen MR) is 104 cm³/mol. The molecule has 0 aliphatic heterocycles. The first-order chi connectivity index (χ1) is 12.0. The number of fused-ring (bicyclic) bond motifs is 3. The van der Waals surface area contributed by atoms with Crippen molar-refractivity contribution in [3.63, 3.8) is 0 Å². The van der Waals surface area contributed by atoms with Crippen LogP contribution in [0.2, 0.25) is 0 Å². The molecule has 3 aromatic rings. The molecule has 0 aliphatic rings. The Morgan fingerprint density at radius 1 is 1.04 bits per heavy atom. The number of methoxy groups -OCH3 is 1. The molecular formula is C22H27NO2. The minimum atomic E-state index is -0.457. The second kappa shape index (κ2) is 6.91. The van der Waals surface area contributed by atoms with Crippen molar-refractivity contribution >= 4 is 27.8 Å². The zero-order valence-corrected chi connectivity index (χ0v) is 15.6. The van der Waals surface area contributed by atoms with Gasteiger partial charge in [-0.25, -0.2) is 0 Å². The topological polar surface area (TPSA) is 31.2 Å². The summed E-state index contributed by atoms with van der Waals surface area (Å²) in [5.74, 6) is -0.135. The molecule has 25 heavy (non-hydrogen) atoms. The molecule has 0 amide bonds. The van der Waals surface area contributed by atoms with Crippen LogP contribution in [0.4, 0.5) is 0 Å². The van der Waals surface area contributed by atoms with E-state index in [1.165, 1.54) is 28.9 Å². The van der Waals surface area contributed by atoms with Crippen LogP contribution >= 0.6 is 0 Å². The fraction of sp³-hybridized carbons (Fsp3) is 0.409. The summed E-state index contributed by atoms with van der Waals surface area (Å²) in [5, 5.41) is 2.59. The number of para-hydroxylation sites is 2. The number of hydrogen-bond acceptors (Lipinski definition) is 2. The number of benzene rings is 2. The number of esters is 1. The molecule has 3 heteroatoms. The Hall–Kier alpha value is -2.29. The average molecular weight is 337 g/mol. The maximum atomic E-state index is 12.0. The summed E-state index contributed by atoms with van der Waals surface area (Å²) in [6.07, 6.45) is 2.78. The maximum Gasteiger partial charge on any atom is 0.311 e. The standard InChI is InChI=1S/C22H27NO2/c1-5-16(14-15-22(2,3)21(24)25-4)23-19-12-8-6-10-17(19)18-11-7-9-13-20(18)23/h6-13,16H,5,14-15H2,1-4H3. The van der Waals surface area contributed by atoms with Gasteiger partial charge < -0.3 is 9.30 Å². The molecule has 0 N–H and O–H groups in total. The maximum absolute atomic E-state index is 12.0. The zero-order chi connectivity index (χ0) is 18.0. The van der Waals surface area contributed by atoms with Gasteiger partial charge in [0.05, 0.1) is 12.5 Å². The molecule has 0 spiro atoms. The van der Waals surface area contributed by atoms with Crippen LogP contribution in [0.3, 0.4) is 0 Å². The van der Waals surface area contributed by atoms with Crippen molar-refractivity contribution in [2.45, 2.75) is 46.1 Å². The highest BCUT2D eigenvalue weighted by Gasteiger charge is 2.30. The van der Waals surface area contributed by atoms with E-state index in [-0.39, 0.29) is 5.97 Å². The number of ether oxygens (including phenoxy) is 1. The quantitative estimate of drug-likeness (QED) is 0.538. The van der Waals surface area contributed by atoms with Crippen molar-refractivity contribution in [2.75, 3.05) is 7.11 Å². The third-order valence-electron chi connectivity index (χ3n) is 5.29. The Balaban J connectivity index is 2.02.